The molecule has 1 atom stereocenters. The average Bonchev–Trinajstić information content (AvgIpc) is 2.36. The number of aliphatic hydroxyl groups is 1. The Morgan fingerprint density at radius 1 is 1.40 bits per heavy atom. The lowest BCUT2D eigenvalue weighted by molar-refractivity contribution is -0.144. The SMILES string of the molecule is O=C(O)C1Cc2c(Br)cccc2CN1CC1CC(O)C1. The first-order chi connectivity index (χ1) is 9.54. The number of nitrogens with zero attached hydrogens (tertiary/aromatic N) is 1. The molecule has 5 heteroatoms. The number of halogens is 1. The molecule has 4 nitrogen and oxygen atoms in total. The van der Waals surface area contributed by atoms with Crippen molar-refractivity contribution >= 4 is 21.9 Å². The van der Waals surface area contributed by atoms with E-state index in [0.29, 0.717) is 18.9 Å². The standard InChI is InChI=1S/C15H18BrNO3/c16-13-3-1-2-10-8-17(7-9-4-11(18)5-9)14(15(19)20)6-12(10)13/h1-3,9,11,14,18H,4-8H2,(H,19,20). The molecule has 0 aromatic heterocycles. The van der Waals surface area contributed by atoms with Crippen LogP contribution >= 0.6 is 15.9 Å². The van der Waals surface area contributed by atoms with Gasteiger partial charge in [0, 0.05) is 24.0 Å². The van der Waals surface area contributed by atoms with Gasteiger partial charge in [0.15, 0.2) is 0 Å². The van der Waals surface area contributed by atoms with Gasteiger partial charge >= 0.3 is 5.97 Å². The number of carboxylic acid groups (broad SMARTS) is 1. The number of benzene rings is 1. The molecule has 0 saturated heterocycles. The molecule has 20 heavy (non-hydrogen) atoms. The molecule has 108 valence electrons. The lowest BCUT2D eigenvalue weighted by Gasteiger charge is -2.40. The largest absolute Gasteiger partial charge is 0.480 e. The summed E-state index contributed by atoms with van der Waals surface area (Å²) >= 11 is 3.52. The van der Waals surface area contributed by atoms with Gasteiger partial charge in [0.1, 0.15) is 6.04 Å². The molecule has 1 heterocycles. The minimum atomic E-state index is -0.758. The predicted octanol–water partition coefficient (Wildman–Crippen LogP) is 2.03. The van der Waals surface area contributed by atoms with E-state index >= 15 is 0 Å². The van der Waals surface area contributed by atoms with Gasteiger partial charge in [-0.15, -0.1) is 0 Å². The van der Waals surface area contributed by atoms with Crippen LogP contribution < -0.4 is 0 Å². The van der Waals surface area contributed by atoms with Gasteiger partial charge < -0.3 is 10.2 Å². The highest BCUT2D eigenvalue weighted by molar-refractivity contribution is 9.10. The zero-order valence-electron chi connectivity index (χ0n) is 11.1. The average molecular weight is 340 g/mol. The van der Waals surface area contributed by atoms with E-state index in [1.54, 1.807) is 0 Å². The fourth-order valence-corrected chi connectivity index (χ4v) is 3.82. The quantitative estimate of drug-likeness (QED) is 0.884. The number of hydrogen-bond donors (Lipinski definition) is 2. The molecule has 0 spiro atoms. The minimum absolute atomic E-state index is 0.186. The van der Waals surface area contributed by atoms with Crippen molar-refractivity contribution in [3.63, 3.8) is 0 Å². The van der Waals surface area contributed by atoms with Crippen molar-refractivity contribution in [3.8, 4) is 0 Å². The fourth-order valence-electron chi connectivity index (χ4n) is 3.25. The number of hydrogen-bond acceptors (Lipinski definition) is 3. The zero-order chi connectivity index (χ0) is 14.3. The molecule has 0 bridgehead atoms. The smallest absolute Gasteiger partial charge is 0.321 e. The Hall–Kier alpha value is -0.910. The molecule has 0 amide bonds. The van der Waals surface area contributed by atoms with Crippen molar-refractivity contribution in [2.75, 3.05) is 6.54 Å². The number of rotatable bonds is 3. The third kappa shape index (κ3) is 2.62. The van der Waals surface area contributed by atoms with E-state index in [2.05, 4.69) is 22.0 Å². The molecule has 1 saturated carbocycles. The van der Waals surface area contributed by atoms with Gasteiger partial charge in [0.2, 0.25) is 0 Å². The molecular weight excluding hydrogens is 322 g/mol. The summed E-state index contributed by atoms with van der Waals surface area (Å²) in [6.45, 7) is 1.44. The summed E-state index contributed by atoms with van der Waals surface area (Å²) < 4.78 is 1.000. The van der Waals surface area contributed by atoms with Crippen LogP contribution in [0.3, 0.4) is 0 Å². The molecule has 1 fully saturated rings. The van der Waals surface area contributed by atoms with E-state index < -0.39 is 12.0 Å². The molecule has 1 aliphatic carbocycles. The summed E-state index contributed by atoms with van der Waals surface area (Å²) in [5.41, 5.74) is 2.32. The van der Waals surface area contributed by atoms with E-state index in [9.17, 15) is 15.0 Å². The summed E-state index contributed by atoms with van der Waals surface area (Å²) in [6, 6.07) is 5.57. The number of fused-ring (bicyclic) bond motifs is 1. The molecule has 0 radical (unpaired) electrons. The van der Waals surface area contributed by atoms with E-state index in [1.807, 2.05) is 17.0 Å². The van der Waals surface area contributed by atoms with Crippen LogP contribution in [-0.2, 0) is 17.8 Å². The first-order valence-electron chi connectivity index (χ1n) is 6.95. The molecule has 2 aliphatic rings. The molecule has 1 aromatic carbocycles. The predicted molar refractivity (Wildman–Crippen MR) is 78.4 cm³/mol. The van der Waals surface area contributed by atoms with Crippen molar-refractivity contribution in [2.45, 2.75) is 38.0 Å². The Morgan fingerprint density at radius 3 is 2.80 bits per heavy atom. The number of aliphatic carboxylic acids is 1. The van der Waals surface area contributed by atoms with E-state index in [-0.39, 0.29) is 6.10 Å². The van der Waals surface area contributed by atoms with Gasteiger partial charge in [-0.3, -0.25) is 9.69 Å². The zero-order valence-corrected chi connectivity index (χ0v) is 12.7. The van der Waals surface area contributed by atoms with Crippen molar-refractivity contribution in [3.05, 3.63) is 33.8 Å². The van der Waals surface area contributed by atoms with Gasteiger partial charge in [0.25, 0.3) is 0 Å². The highest BCUT2D eigenvalue weighted by atomic mass is 79.9. The van der Waals surface area contributed by atoms with Crippen molar-refractivity contribution in [1.82, 2.24) is 4.90 Å². The topological polar surface area (TPSA) is 60.8 Å². The van der Waals surface area contributed by atoms with E-state index in [4.69, 9.17) is 0 Å². The van der Waals surface area contributed by atoms with Gasteiger partial charge in [0.05, 0.1) is 6.10 Å². The Bertz CT molecular complexity index is 528. The second-order valence-electron chi connectivity index (χ2n) is 5.86. The maximum atomic E-state index is 11.5. The molecule has 1 aliphatic heterocycles. The summed E-state index contributed by atoms with van der Waals surface area (Å²) in [5.74, 6) is -0.327. The fraction of sp³-hybridized carbons (Fsp3) is 0.533. The first-order valence-corrected chi connectivity index (χ1v) is 7.75. The number of aliphatic hydroxyl groups excluding tert-OH is 1. The normalized spacial score (nSPS) is 29.6. The number of carboxylic acids is 1. The molecular formula is C15H18BrNO3. The van der Waals surface area contributed by atoms with E-state index in [1.165, 1.54) is 5.56 Å². The van der Waals surface area contributed by atoms with Crippen LogP contribution in [0.4, 0.5) is 0 Å². The minimum Gasteiger partial charge on any atom is -0.480 e. The molecule has 2 N–H and O–H groups in total. The van der Waals surface area contributed by atoms with Crippen LogP contribution in [0.25, 0.3) is 0 Å². The summed E-state index contributed by atoms with van der Waals surface area (Å²) in [4.78, 5) is 13.6. The Morgan fingerprint density at radius 2 is 2.15 bits per heavy atom. The second-order valence-corrected chi connectivity index (χ2v) is 6.71. The van der Waals surface area contributed by atoms with Gasteiger partial charge in [-0.25, -0.2) is 0 Å². The van der Waals surface area contributed by atoms with Crippen LogP contribution in [0.2, 0.25) is 0 Å². The third-order valence-electron chi connectivity index (χ3n) is 4.42. The lowest BCUT2D eigenvalue weighted by atomic mass is 9.81. The van der Waals surface area contributed by atoms with Crippen molar-refractivity contribution in [2.24, 2.45) is 5.92 Å². The van der Waals surface area contributed by atoms with Crippen LogP contribution in [0, 0.1) is 5.92 Å². The maximum Gasteiger partial charge on any atom is 0.321 e. The Kier molecular flexibility index (Phi) is 3.84. The van der Waals surface area contributed by atoms with Crippen molar-refractivity contribution < 1.29 is 15.0 Å². The first kappa shape index (κ1) is 14.0. The van der Waals surface area contributed by atoms with Gasteiger partial charge in [-0.05, 0) is 36.0 Å². The van der Waals surface area contributed by atoms with Crippen molar-refractivity contribution in [1.29, 1.82) is 0 Å². The highest BCUT2D eigenvalue weighted by Gasteiger charge is 2.36. The maximum absolute atomic E-state index is 11.5. The number of carbonyl (C=O) groups is 1. The van der Waals surface area contributed by atoms with Crippen LogP contribution in [0.15, 0.2) is 22.7 Å². The lowest BCUT2D eigenvalue weighted by Crippen LogP contribution is -2.49. The molecule has 3 rings (SSSR count). The monoisotopic (exact) mass is 339 g/mol. The van der Waals surface area contributed by atoms with Gasteiger partial charge in [-0.1, -0.05) is 28.1 Å². The summed E-state index contributed by atoms with van der Waals surface area (Å²) in [5, 5.41) is 18.9. The second kappa shape index (κ2) is 5.47. The van der Waals surface area contributed by atoms with Crippen LogP contribution in [0.1, 0.15) is 24.0 Å². The highest BCUT2D eigenvalue weighted by Crippen LogP contribution is 2.33. The summed E-state index contributed by atoms with van der Waals surface area (Å²) in [7, 11) is 0. The van der Waals surface area contributed by atoms with Crippen LogP contribution in [0.5, 0.6) is 0 Å². The van der Waals surface area contributed by atoms with Gasteiger partial charge in [-0.2, -0.15) is 0 Å². The Labute approximate surface area is 126 Å². The Balaban J connectivity index is 1.80. The van der Waals surface area contributed by atoms with Crippen LogP contribution in [-0.4, -0.2) is 39.8 Å². The summed E-state index contributed by atoms with van der Waals surface area (Å²) in [6.07, 6.45) is 1.96. The molecule has 1 unspecified atom stereocenters. The third-order valence-corrected chi connectivity index (χ3v) is 5.16. The molecule has 1 aromatic rings. The van der Waals surface area contributed by atoms with E-state index in [0.717, 1.165) is 29.4 Å².